The van der Waals surface area contributed by atoms with Crippen LogP contribution in [0.25, 0.3) is 6.08 Å². The van der Waals surface area contributed by atoms with Crippen molar-refractivity contribution in [3.05, 3.63) is 71.8 Å². The number of anilines is 1. The summed E-state index contributed by atoms with van der Waals surface area (Å²) >= 11 is 0. The third-order valence-electron chi connectivity index (χ3n) is 3.12. The Morgan fingerprint density at radius 2 is 1.78 bits per heavy atom. The van der Waals surface area contributed by atoms with Gasteiger partial charge < -0.3 is 21.3 Å². The molecule has 0 saturated heterocycles. The fraction of sp³-hybridized carbons (Fsp3) is 0.0556. The van der Waals surface area contributed by atoms with E-state index in [-0.39, 0.29) is 17.4 Å². The number of aromatic hydroxyl groups is 2. The Hall–Kier alpha value is -3.21. The number of allylic oxidation sites excluding steroid dienone is 2. The van der Waals surface area contributed by atoms with Crippen LogP contribution in [0.3, 0.4) is 0 Å². The number of benzene rings is 2. The van der Waals surface area contributed by atoms with E-state index < -0.39 is 0 Å². The first-order chi connectivity index (χ1) is 11.1. The number of carbonyl (C=O) groups excluding carboxylic acids is 1. The molecular formula is C18H18N2O3. The van der Waals surface area contributed by atoms with Gasteiger partial charge in [0.2, 0.25) is 5.91 Å². The Morgan fingerprint density at radius 1 is 1.09 bits per heavy atom. The number of hydrogen-bond donors (Lipinski definition) is 4. The summed E-state index contributed by atoms with van der Waals surface area (Å²) in [6, 6.07) is 12.2. The first-order valence-corrected chi connectivity index (χ1v) is 7.04. The molecule has 0 aromatic heterocycles. The van der Waals surface area contributed by atoms with E-state index in [1.165, 1.54) is 18.2 Å². The molecule has 5 N–H and O–H groups in total. The predicted octanol–water partition coefficient (Wildman–Crippen LogP) is 2.57. The molecule has 0 saturated carbocycles. The molecule has 2 aromatic rings. The topological polar surface area (TPSA) is 95.6 Å². The lowest BCUT2D eigenvalue weighted by Gasteiger charge is -2.03. The van der Waals surface area contributed by atoms with E-state index in [1.54, 1.807) is 18.2 Å². The zero-order valence-electron chi connectivity index (χ0n) is 12.4. The van der Waals surface area contributed by atoms with E-state index in [1.807, 2.05) is 30.3 Å². The van der Waals surface area contributed by atoms with Crippen LogP contribution in [0.5, 0.6) is 11.5 Å². The molecule has 2 aromatic carbocycles. The number of nitrogens with one attached hydrogen (secondary N) is 1. The highest BCUT2D eigenvalue weighted by atomic mass is 16.3. The minimum atomic E-state index is -0.268. The highest BCUT2D eigenvalue weighted by Crippen LogP contribution is 2.30. The molecule has 118 valence electrons. The Kier molecular flexibility index (Phi) is 5.41. The summed E-state index contributed by atoms with van der Waals surface area (Å²) in [5.41, 5.74) is 7.63. The molecule has 0 spiro atoms. The van der Waals surface area contributed by atoms with Crippen molar-refractivity contribution < 1.29 is 15.0 Å². The summed E-state index contributed by atoms with van der Waals surface area (Å²) in [7, 11) is 0. The number of rotatable bonds is 5. The van der Waals surface area contributed by atoms with Gasteiger partial charge in [-0.1, -0.05) is 48.6 Å². The first-order valence-electron chi connectivity index (χ1n) is 7.04. The second-order valence-corrected chi connectivity index (χ2v) is 4.89. The number of nitrogen functional groups attached to an aromatic ring is 1. The van der Waals surface area contributed by atoms with E-state index in [9.17, 15) is 15.0 Å². The van der Waals surface area contributed by atoms with E-state index >= 15 is 0 Å². The molecular weight excluding hydrogens is 292 g/mol. The summed E-state index contributed by atoms with van der Waals surface area (Å²) in [6.45, 7) is 0.465. The van der Waals surface area contributed by atoms with Gasteiger partial charge in [-0.3, -0.25) is 4.79 Å². The van der Waals surface area contributed by atoms with E-state index in [2.05, 4.69) is 5.32 Å². The molecule has 0 fully saturated rings. The zero-order chi connectivity index (χ0) is 16.7. The normalized spacial score (nSPS) is 11.1. The highest BCUT2D eigenvalue weighted by Gasteiger charge is 2.03. The van der Waals surface area contributed by atoms with Crippen molar-refractivity contribution in [1.29, 1.82) is 0 Å². The van der Waals surface area contributed by atoms with Gasteiger partial charge in [0, 0.05) is 29.9 Å². The maximum atomic E-state index is 11.7. The highest BCUT2D eigenvalue weighted by molar-refractivity contribution is 5.87. The Morgan fingerprint density at radius 3 is 2.52 bits per heavy atom. The van der Waals surface area contributed by atoms with Crippen LogP contribution >= 0.6 is 0 Å². The minimum absolute atomic E-state index is 0.208. The second-order valence-electron chi connectivity index (χ2n) is 4.89. The molecule has 0 radical (unpaired) electrons. The molecule has 5 nitrogen and oxygen atoms in total. The maximum Gasteiger partial charge on any atom is 0.244 e. The molecule has 1 amide bonds. The van der Waals surface area contributed by atoms with Crippen LogP contribution in [-0.4, -0.2) is 16.1 Å². The van der Waals surface area contributed by atoms with Gasteiger partial charge >= 0.3 is 0 Å². The van der Waals surface area contributed by atoms with Gasteiger partial charge in [0.15, 0.2) is 11.5 Å². The largest absolute Gasteiger partial charge is 0.504 e. The molecule has 0 bridgehead atoms. The van der Waals surface area contributed by atoms with Gasteiger partial charge in [0.05, 0.1) is 0 Å². The monoisotopic (exact) mass is 310 g/mol. The maximum absolute atomic E-state index is 11.7. The lowest BCUT2D eigenvalue weighted by atomic mass is 10.1. The Balaban J connectivity index is 1.88. The number of hydrogen-bond acceptors (Lipinski definition) is 4. The van der Waals surface area contributed by atoms with Crippen LogP contribution in [0.2, 0.25) is 0 Å². The average Bonchev–Trinajstić information content (AvgIpc) is 2.55. The number of phenols is 2. The molecule has 0 unspecified atom stereocenters. The van der Waals surface area contributed by atoms with Gasteiger partial charge in [-0.05, 0) is 11.6 Å². The van der Waals surface area contributed by atoms with Crippen LogP contribution in [0.15, 0.2) is 60.7 Å². The van der Waals surface area contributed by atoms with Crippen LogP contribution in [0.1, 0.15) is 11.1 Å². The van der Waals surface area contributed by atoms with Crippen LogP contribution in [-0.2, 0) is 11.3 Å². The lowest BCUT2D eigenvalue weighted by Crippen LogP contribution is -2.20. The molecule has 0 aliphatic rings. The van der Waals surface area contributed by atoms with E-state index in [0.29, 0.717) is 17.8 Å². The molecule has 0 atom stereocenters. The molecule has 0 aliphatic carbocycles. The molecule has 2 rings (SSSR count). The molecule has 0 aliphatic heterocycles. The van der Waals surface area contributed by atoms with Crippen molar-refractivity contribution in [3.63, 3.8) is 0 Å². The Bertz CT molecular complexity index is 737. The molecule has 5 heteroatoms. The minimum Gasteiger partial charge on any atom is -0.504 e. The summed E-state index contributed by atoms with van der Waals surface area (Å²) in [5, 5.41) is 21.5. The summed E-state index contributed by atoms with van der Waals surface area (Å²) < 4.78 is 0. The third kappa shape index (κ3) is 4.93. The van der Waals surface area contributed by atoms with Crippen LogP contribution < -0.4 is 11.1 Å². The van der Waals surface area contributed by atoms with Crippen molar-refractivity contribution in [2.75, 3.05) is 5.73 Å². The number of nitrogens with two attached hydrogens (primary N) is 1. The van der Waals surface area contributed by atoms with Crippen molar-refractivity contribution in [1.82, 2.24) is 5.32 Å². The van der Waals surface area contributed by atoms with E-state index in [0.717, 1.165) is 5.56 Å². The average molecular weight is 310 g/mol. The summed E-state index contributed by atoms with van der Waals surface area (Å²) in [5.74, 6) is -0.723. The molecule has 23 heavy (non-hydrogen) atoms. The van der Waals surface area contributed by atoms with Crippen LogP contribution in [0.4, 0.5) is 5.69 Å². The summed E-state index contributed by atoms with van der Waals surface area (Å²) in [6.07, 6.45) is 6.24. The fourth-order valence-corrected chi connectivity index (χ4v) is 1.90. The predicted molar refractivity (Wildman–Crippen MR) is 90.6 cm³/mol. The standard InChI is InChI=1S/C18H18N2O3/c19-15-11-17(22)16(21)10-14(15)8-4-5-9-18(23)20-12-13-6-2-1-3-7-13/h1-11,21-22H,12,19H2,(H,20,23)/b8-4+,9-5+. The van der Waals surface area contributed by atoms with Crippen molar-refractivity contribution in [3.8, 4) is 11.5 Å². The second kappa shape index (κ2) is 7.70. The lowest BCUT2D eigenvalue weighted by molar-refractivity contribution is -0.116. The van der Waals surface area contributed by atoms with Gasteiger partial charge in [-0.2, -0.15) is 0 Å². The van der Waals surface area contributed by atoms with Gasteiger partial charge in [0.1, 0.15) is 0 Å². The van der Waals surface area contributed by atoms with Gasteiger partial charge in [-0.15, -0.1) is 0 Å². The summed E-state index contributed by atoms with van der Waals surface area (Å²) in [4.78, 5) is 11.7. The zero-order valence-corrected chi connectivity index (χ0v) is 12.4. The van der Waals surface area contributed by atoms with Crippen LogP contribution in [0, 0.1) is 0 Å². The van der Waals surface area contributed by atoms with E-state index in [4.69, 9.17) is 5.73 Å². The quantitative estimate of drug-likeness (QED) is 0.224. The fourth-order valence-electron chi connectivity index (χ4n) is 1.90. The number of phenolic OH excluding ortho intramolecular Hbond substituents is 2. The number of amides is 1. The number of carbonyl (C=O) groups is 1. The van der Waals surface area contributed by atoms with Crippen molar-refractivity contribution in [2.24, 2.45) is 0 Å². The first kappa shape index (κ1) is 16.2. The van der Waals surface area contributed by atoms with Gasteiger partial charge in [-0.25, -0.2) is 0 Å². The third-order valence-corrected chi connectivity index (χ3v) is 3.12. The Labute approximate surface area is 134 Å². The van der Waals surface area contributed by atoms with Gasteiger partial charge in [0.25, 0.3) is 0 Å². The van der Waals surface area contributed by atoms with Crippen molar-refractivity contribution >= 4 is 17.7 Å². The molecule has 0 heterocycles. The van der Waals surface area contributed by atoms with Crippen molar-refractivity contribution in [2.45, 2.75) is 6.54 Å². The smallest absolute Gasteiger partial charge is 0.244 e. The SMILES string of the molecule is Nc1cc(O)c(O)cc1/C=C/C=C/C(=O)NCc1ccccc1.